The maximum absolute atomic E-state index is 13.0. The Morgan fingerprint density at radius 3 is 1.13 bits per heavy atom. The number of rotatable bonds is 6. The second-order valence-electron chi connectivity index (χ2n) is 8.48. The van der Waals surface area contributed by atoms with Gasteiger partial charge in [0.05, 0.1) is 0 Å². The van der Waals surface area contributed by atoms with Crippen LogP contribution in [0.25, 0.3) is 0 Å². The topological polar surface area (TPSA) is 236 Å². The minimum absolute atomic E-state index is 0.257. The summed E-state index contributed by atoms with van der Waals surface area (Å²) in [6.07, 6.45) is -0.724. The Hall–Kier alpha value is -5.78. The molecule has 12 nitrogen and oxygen atoms in total. The highest BCUT2D eigenvalue weighted by Gasteiger charge is 2.29. The first-order valence-electron chi connectivity index (χ1n) is 11.0. The van der Waals surface area contributed by atoms with Crippen LogP contribution in [0.2, 0.25) is 0 Å². The maximum Gasteiger partial charge on any atom is 0.200 e. The van der Waals surface area contributed by atoms with Gasteiger partial charge in [-0.15, -0.1) is 0 Å². The van der Waals surface area contributed by atoms with Gasteiger partial charge in [-0.1, -0.05) is 0 Å². The van der Waals surface area contributed by atoms with Gasteiger partial charge in [0.2, 0.25) is 11.6 Å². The van der Waals surface area contributed by atoms with Crippen molar-refractivity contribution in [3.8, 4) is 57.5 Å². The van der Waals surface area contributed by atoms with Gasteiger partial charge in [-0.25, -0.2) is 0 Å². The van der Waals surface area contributed by atoms with Crippen LogP contribution in [0.4, 0.5) is 0 Å². The van der Waals surface area contributed by atoms with Crippen molar-refractivity contribution in [3.63, 3.8) is 0 Å². The van der Waals surface area contributed by atoms with Crippen molar-refractivity contribution < 1.29 is 60.7 Å². The predicted molar refractivity (Wildman–Crippen MR) is 132 cm³/mol. The first kappa shape index (κ1) is 26.3. The second kappa shape index (κ2) is 9.59. The van der Waals surface area contributed by atoms with E-state index >= 15 is 0 Å². The summed E-state index contributed by atoms with van der Waals surface area (Å²) >= 11 is 0. The fourth-order valence-electron chi connectivity index (χ4n) is 3.96. The number of benzene rings is 4. The fraction of sp³-hybridized carbons (Fsp3) is 0.0370. The summed E-state index contributed by atoms with van der Waals surface area (Å²) in [4.78, 5) is 26.0. The number of phenols is 10. The molecule has 4 aromatic carbocycles. The van der Waals surface area contributed by atoms with E-state index in [0.717, 1.165) is 36.4 Å². The summed E-state index contributed by atoms with van der Waals surface area (Å²) in [5.41, 5.74) is -2.91. The molecule has 12 heteroatoms. The lowest BCUT2D eigenvalue weighted by molar-refractivity contribution is 0.102. The van der Waals surface area contributed by atoms with E-state index in [-0.39, 0.29) is 11.1 Å². The van der Waals surface area contributed by atoms with E-state index in [1.807, 2.05) is 0 Å². The van der Waals surface area contributed by atoms with E-state index in [9.17, 15) is 60.7 Å². The van der Waals surface area contributed by atoms with Gasteiger partial charge >= 0.3 is 0 Å². The van der Waals surface area contributed by atoms with E-state index < -0.39 is 97.7 Å². The average molecular weight is 536 g/mol. The molecule has 0 heterocycles. The van der Waals surface area contributed by atoms with Crippen molar-refractivity contribution in [1.29, 1.82) is 0 Å². The Morgan fingerprint density at radius 1 is 0.436 bits per heavy atom. The lowest BCUT2D eigenvalue weighted by atomic mass is 9.92. The van der Waals surface area contributed by atoms with Crippen molar-refractivity contribution in [2.75, 3.05) is 0 Å². The monoisotopic (exact) mass is 536 g/mol. The van der Waals surface area contributed by atoms with E-state index in [0.29, 0.717) is 12.1 Å². The number of carbonyl (C=O) groups is 2. The molecule has 4 rings (SSSR count). The molecular formula is C27H20O12. The lowest BCUT2D eigenvalue weighted by Gasteiger charge is -2.17. The first-order valence-corrected chi connectivity index (χ1v) is 11.0. The van der Waals surface area contributed by atoms with Gasteiger partial charge in [0.15, 0.2) is 23.0 Å². The number of aromatic hydroxyl groups is 10. The van der Waals surface area contributed by atoms with Crippen LogP contribution in [0.3, 0.4) is 0 Å². The zero-order valence-electron chi connectivity index (χ0n) is 19.6. The van der Waals surface area contributed by atoms with Crippen molar-refractivity contribution in [2.45, 2.75) is 6.42 Å². The van der Waals surface area contributed by atoms with E-state index in [1.165, 1.54) is 0 Å². The molecule has 4 aromatic rings. The Balaban J connectivity index is 1.82. The van der Waals surface area contributed by atoms with Gasteiger partial charge in [0.1, 0.15) is 45.6 Å². The van der Waals surface area contributed by atoms with E-state index in [1.54, 1.807) is 0 Å². The molecule has 0 aliphatic heterocycles. The molecule has 0 saturated carbocycles. The fourth-order valence-corrected chi connectivity index (χ4v) is 3.96. The van der Waals surface area contributed by atoms with E-state index in [2.05, 4.69) is 0 Å². The van der Waals surface area contributed by atoms with Crippen LogP contribution in [0.1, 0.15) is 43.0 Å². The Morgan fingerprint density at radius 2 is 0.795 bits per heavy atom. The molecule has 0 aliphatic carbocycles. The zero-order valence-corrected chi connectivity index (χ0v) is 19.6. The smallest absolute Gasteiger partial charge is 0.200 e. The van der Waals surface area contributed by atoms with E-state index in [4.69, 9.17) is 0 Å². The molecule has 0 spiro atoms. The summed E-state index contributed by atoms with van der Waals surface area (Å²) < 4.78 is 0. The van der Waals surface area contributed by atoms with Crippen LogP contribution in [-0.2, 0) is 6.42 Å². The Labute approximate surface area is 218 Å². The minimum Gasteiger partial charge on any atom is -0.507 e. The minimum atomic E-state index is -1.02. The standard InChI is InChI=1S/C27H20O12/c28-14-3-1-10(5-18(14)32)24(36)22-20(34)8-16(30)12(26(22)38)7-13-17(31)9-21(35)23(27(13)39)25(37)11-2-4-15(29)19(33)6-11/h1-6,8-9,28-35,38-39H,7H2. The second-order valence-corrected chi connectivity index (χ2v) is 8.48. The van der Waals surface area contributed by atoms with Crippen LogP contribution in [-0.4, -0.2) is 62.6 Å². The SMILES string of the molecule is O=C(c1ccc(O)c(O)c1)c1c(O)cc(O)c(Cc2c(O)cc(O)c(C(=O)c3ccc(O)c(O)c3)c2O)c1O. The number of phenolic OH excluding ortho intramolecular Hbond substituents is 10. The van der Waals surface area contributed by atoms with Gasteiger partial charge in [0.25, 0.3) is 0 Å². The molecule has 0 radical (unpaired) electrons. The molecule has 0 unspecified atom stereocenters. The third-order valence-electron chi connectivity index (χ3n) is 6.01. The summed E-state index contributed by atoms with van der Waals surface area (Å²) in [5, 5.41) is 101. The molecule has 0 atom stereocenters. The zero-order chi connectivity index (χ0) is 28.8. The Bertz CT molecular complexity index is 1550. The summed E-state index contributed by atoms with van der Waals surface area (Å²) in [6.45, 7) is 0. The van der Waals surface area contributed by atoms with Gasteiger partial charge in [-0.2, -0.15) is 0 Å². The molecule has 0 aliphatic rings. The average Bonchev–Trinajstić information content (AvgIpc) is 2.86. The largest absolute Gasteiger partial charge is 0.507 e. The number of hydrogen-bond acceptors (Lipinski definition) is 12. The third-order valence-corrected chi connectivity index (χ3v) is 6.01. The molecule has 0 aromatic heterocycles. The molecule has 0 amide bonds. The lowest BCUT2D eigenvalue weighted by Crippen LogP contribution is -2.06. The number of carbonyl (C=O) groups excluding carboxylic acids is 2. The van der Waals surface area contributed by atoms with Crippen LogP contribution >= 0.6 is 0 Å². The molecule has 39 heavy (non-hydrogen) atoms. The normalized spacial score (nSPS) is 10.9. The van der Waals surface area contributed by atoms with Gasteiger partial charge in [-0.3, -0.25) is 9.59 Å². The predicted octanol–water partition coefficient (Wildman–Crippen LogP) is 2.80. The summed E-state index contributed by atoms with van der Waals surface area (Å²) in [6, 6.07) is 7.36. The summed E-state index contributed by atoms with van der Waals surface area (Å²) in [7, 11) is 0. The number of hydrogen-bond donors (Lipinski definition) is 10. The van der Waals surface area contributed by atoms with Crippen molar-refractivity contribution in [2.24, 2.45) is 0 Å². The maximum atomic E-state index is 13.0. The molecule has 0 saturated heterocycles. The highest BCUT2D eigenvalue weighted by molar-refractivity contribution is 6.14. The number of ketones is 2. The Kier molecular flexibility index (Phi) is 6.47. The third kappa shape index (κ3) is 4.57. The van der Waals surface area contributed by atoms with Crippen molar-refractivity contribution >= 4 is 11.6 Å². The first-order chi connectivity index (χ1) is 18.3. The van der Waals surface area contributed by atoms with Crippen LogP contribution in [0, 0.1) is 0 Å². The molecule has 0 bridgehead atoms. The quantitative estimate of drug-likeness (QED) is 0.126. The van der Waals surface area contributed by atoms with Gasteiger partial charge in [0, 0.05) is 40.8 Å². The van der Waals surface area contributed by atoms with Crippen LogP contribution < -0.4 is 0 Å². The molecule has 0 fully saturated rings. The van der Waals surface area contributed by atoms with Crippen molar-refractivity contribution in [3.05, 3.63) is 81.9 Å². The summed E-state index contributed by atoms with van der Waals surface area (Å²) in [5.74, 6) is -9.59. The van der Waals surface area contributed by atoms with Crippen LogP contribution in [0.5, 0.6) is 57.5 Å². The molecular weight excluding hydrogens is 516 g/mol. The highest BCUT2D eigenvalue weighted by atomic mass is 16.3. The highest BCUT2D eigenvalue weighted by Crippen LogP contribution is 2.45. The van der Waals surface area contributed by atoms with Gasteiger partial charge in [-0.05, 0) is 36.4 Å². The molecule has 200 valence electrons. The molecule has 10 N–H and O–H groups in total. The van der Waals surface area contributed by atoms with Crippen molar-refractivity contribution in [1.82, 2.24) is 0 Å². The van der Waals surface area contributed by atoms with Gasteiger partial charge < -0.3 is 51.1 Å². The van der Waals surface area contributed by atoms with Crippen LogP contribution in [0.15, 0.2) is 48.5 Å².